The van der Waals surface area contributed by atoms with Crippen molar-refractivity contribution in [2.24, 2.45) is 5.73 Å². The summed E-state index contributed by atoms with van der Waals surface area (Å²) in [5.74, 6) is 1.78. The molecule has 0 saturated heterocycles. The average molecular weight is 209 g/mol. The number of nitrogens with zero attached hydrogens (tertiary/aromatic N) is 2. The number of nitrogens with two attached hydrogens (primary N) is 1. The third-order valence-corrected chi connectivity index (χ3v) is 2.53. The first-order valence-corrected chi connectivity index (χ1v) is 5.03. The Morgan fingerprint density at radius 3 is 2.93 bits per heavy atom. The molecule has 1 aromatic heterocycles. The number of methoxy groups -OCH3 is 1. The summed E-state index contributed by atoms with van der Waals surface area (Å²) in [7, 11) is 1.55. The van der Waals surface area contributed by atoms with Crippen LogP contribution in [0, 0.1) is 0 Å². The maximum atomic E-state index is 8.96. The molecule has 15 heavy (non-hydrogen) atoms. The first kappa shape index (κ1) is 10.3. The highest BCUT2D eigenvalue weighted by atomic mass is 16.5. The molecule has 0 aliphatic heterocycles. The predicted octanol–water partition coefficient (Wildman–Crippen LogP) is 0.355. The molecule has 2 rings (SSSR count). The van der Waals surface area contributed by atoms with Crippen LogP contribution in [0.5, 0.6) is 5.88 Å². The van der Waals surface area contributed by atoms with Crippen molar-refractivity contribution in [3.8, 4) is 5.88 Å². The van der Waals surface area contributed by atoms with Gasteiger partial charge in [0.1, 0.15) is 5.82 Å². The van der Waals surface area contributed by atoms with Crippen LogP contribution in [-0.4, -0.2) is 28.8 Å². The Balaban J connectivity index is 2.30. The highest BCUT2D eigenvalue weighted by Gasteiger charge is 2.27. The van der Waals surface area contributed by atoms with Gasteiger partial charge in [-0.1, -0.05) is 0 Å². The van der Waals surface area contributed by atoms with Crippen molar-refractivity contribution >= 4 is 0 Å². The van der Waals surface area contributed by atoms with Crippen LogP contribution in [0.25, 0.3) is 0 Å². The van der Waals surface area contributed by atoms with Crippen LogP contribution >= 0.6 is 0 Å². The fourth-order valence-corrected chi connectivity index (χ4v) is 1.44. The van der Waals surface area contributed by atoms with Gasteiger partial charge in [0, 0.05) is 12.1 Å². The summed E-state index contributed by atoms with van der Waals surface area (Å²) >= 11 is 0. The fraction of sp³-hybridized carbons (Fsp3) is 0.600. The monoisotopic (exact) mass is 209 g/mol. The zero-order valence-electron chi connectivity index (χ0n) is 8.68. The summed E-state index contributed by atoms with van der Waals surface area (Å²) in [5, 5.41) is 8.96. The van der Waals surface area contributed by atoms with Crippen molar-refractivity contribution in [1.29, 1.82) is 0 Å². The van der Waals surface area contributed by atoms with E-state index in [2.05, 4.69) is 9.97 Å². The van der Waals surface area contributed by atoms with Gasteiger partial charge in [-0.05, 0) is 12.8 Å². The summed E-state index contributed by atoms with van der Waals surface area (Å²) in [4.78, 5) is 8.53. The summed E-state index contributed by atoms with van der Waals surface area (Å²) in [6.45, 7) is -0.136. The van der Waals surface area contributed by atoms with E-state index in [1.165, 1.54) is 0 Å². The molecule has 0 radical (unpaired) electrons. The molecule has 0 spiro atoms. The Morgan fingerprint density at radius 2 is 2.40 bits per heavy atom. The molecule has 1 aliphatic carbocycles. The van der Waals surface area contributed by atoms with Crippen LogP contribution in [0.1, 0.15) is 36.2 Å². The molecule has 1 aromatic rings. The van der Waals surface area contributed by atoms with Crippen LogP contribution in [0.4, 0.5) is 0 Å². The number of rotatable bonds is 4. The zero-order chi connectivity index (χ0) is 10.8. The van der Waals surface area contributed by atoms with Gasteiger partial charge in [-0.25, -0.2) is 4.98 Å². The van der Waals surface area contributed by atoms with Gasteiger partial charge in [-0.15, -0.1) is 0 Å². The molecule has 5 heteroatoms. The number of hydrogen-bond acceptors (Lipinski definition) is 5. The molecular weight excluding hydrogens is 194 g/mol. The Labute approximate surface area is 88.3 Å². The minimum atomic E-state index is -0.479. The van der Waals surface area contributed by atoms with Gasteiger partial charge in [0.05, 0.1) is 25.3 Å². The van der Waals surface area contributed by atoms with Crippen molar-refractivity contribution < 1.29 is 9.84 Å². The lowest BCUT2D eigenvalue weighted by Gasteiger charge is -2.12. The SMILES string of the molecule is COc1nc(C2CC2)ncc1C(N)CO. The van der Waals surface area contributed by atoms with E-state index in [0.29, 0.717) is 17.4 Å². The molecule has 1 atom stereocenters. The Hall–Kier alpha value is -1.20. The molecule has 5 nitrogen and oxygen atoms in total. The molecule has 0 bridgehead atoms. The maximum absolute atomic E-state index is 8.96. The molecular formula is C10H15N3O2. The molecule has 0 aromatic carbocycles. The number of aliphatic hydroxyl groups is 1. The largest absolute Gasteiger partial charge is 0.481 e. The second-order valence-corrected chi connectivity index (χ2v) is 3.76. The predicted molar refractivity (Wildman–Crippen MR) is 54.6 cm³/mol. The molecule has 1 heterocycles. The van der Waals surface area contributed by atoms with Crippen molar-refractivity contribution in [3.63, 3.8) is 0 Å². The van der Waals surface area contributed by atoms with E-state index < -0.39 is 6.04 Å². The Kier molecular flexibility index (Phi) is 2.83. The zero-order valence-corrected chi connectivity index (χ0v) is 8.68. The standard InChI is InChI=1S/C10H15N3O2/c1-15-10-7(8(11)5-14)4-12-9(13-10)6-2-3-6/h4,6,8,14H,2-3,5,11H2,1H3. The van der Waals surface area contributed by atoms with Crippen molar-refractivity contribution in [3.05, 3.63) is 17.6 Å². The van der Waals surface area contributed by atoms with Crippen LogP contribution in [0.3, 0.4) is 0 Å². The number of hydrogen-bond donors (Lipinski definition) is 2. The second kappa shape index (κ2) is 4.12. The van der Waals surface area contributed by atoms with Crippen LogP contribution < -0.4 is 10.5 Å². The lowest BCUT2D eigenvalue weighted by atomic mass is 10.1. The summed E-state index contributed by atoms with van der Waals surface area (Å²) in [6, 6.07) is -0.479. The van der Waals surface area contributed by atoms with E-state index in [1.807, 2.05) is 0 Å². The van der Waals surface area contributed by atoms with Crippen LogP contribution in [0.2, 0.25) is 0 Å². The van der Waals surface area contributed by atoms with Gasteiger partial charge in [0.25, 0.3) is 0 Å². The van der Waals surface area contributed by atoms with E-state index >= 15 is 0 Å². The van der Waals surface area contributed by atoms with Crippen LogP contribution in [0.15, 0.2) is 6.20 Å². The molecule has 3 N–H and O–H groups in total. The quantitative estimate of drug-likeness (QED) is 0.748. The van der Waals surface area contributed by atoms with Crippen molar-refractivity contribution in [2.45, 2.75) is 24.8 Å². The number of ether oxygens (including phenoxy) is 1. The summed E-state index contributed by atoms with van der Waals surface area (Å²) in [5.41, 5.74) is 6.36. The van der Waals surface area contributed by atoms with Gasteiger partial charge in [-0.3, -0.25) is 0 Å². The highest BCUT2D eigenvalue weighted by Crippen LogP contribution is 2.38. The van der Waals surface area contributed by atoms with Gasteiger partial charge >= 0.3 is 0 Å². The van der Waals surface area contributed by atoms with Gasteiger partial charge in [0.2, 0.25) is 5.88 Å². The van der Waals surface area contributed by atoms with E-state index in [1.54, 1.807) is 13.3 Å². The number of aliphatic hydroxyl groups excluding tert-OH is 1. The first-order valence-electron chi connectivity index (χ1n) is 5.03. The molecule has 1 fully saturated rings. The Morgan fingerprint density at radius 1 is 1.67 bits per heavy atom. The van der Waals surface area contributed by atoms with E-state index in [0.717, 1.165) is 18.7 Å². The molecule has 82 valence electrons. The lowest BCUT2D eigenvalue weighted by Crippen LogP contribution is -2.17. The van der Waals surface area contributed by atoms with E-state index in [9.17, 15) is 0 Å². The number of aromatic nitrogens is 2. The van der Waals surface area contributed by atoms with Gasteiger partial charge in [-0.2, -0.15) is 4.98 Å². The van der Waals surface area contributed by atoms with Gasteiger partial charge < -0.3 is 15.6 Å². The Bertz CT molecular complexity index is 353. The molecule has 1 unspecified atom stereocenters. The maximum Gasteiger partial charge on any atom is 0.221 e. The van der Waals surface area contributed by atoms with E-state index in [-0.39, 0.29) is 6.61 Å². The smallest absolute Gasteiger partial charge is 0.221 e. The molecule has 0 amide bonds. The minimum absolute atomic E-state index is 0.136. The third kappa shape index (κ3) is 2.08. The third-order valence-electron chi connectivity index (χ3n) is 2.53. The minimum Gasteiger partial charge on any atom is -0.481 e. The van der Waals surface area contributed by atoms with Crippen LogP contribution in [-0.2, 0) is 0 Å². The second-order valence-electron chi connectivity index (χ2n) is 3.76. The van der Waals surface area contributed by atoms with Crippen molar-refractivity contribution in [2.75, 3.05) is 13.7 Å². The highest BCUT2D eigenvalue weighted by molar-refractivity contribution is 5.28. The normalized spacial score (nSPS) is 17.5. The topological polar surface area (TPSA) is 81.3 Å². The fourth-order valence-electron chi connectivity index (χ4n) is 1.44. The lowest BCUT2D eigenvalue weighted by molar-refractivity contribution is 0.263. The molecule has 1 saturated carbocycles. The van der Waals surface area contributed by atoms with E-state index in [4.69, 9.17) is 15.6 Å². The first-order chi connectivity index (χ1) is 7.26. The molecule has 1 aliphatic rings. The van der Waals surface area contributed by atoms with Crippen molar-refractivity contribution in [1.82, 2.24) is 9.97 Å². The summed E-state index contributed by atoms with van der Waals surface area (Å²) < 4.78 is 5.14. The van der Waals surface area contributed by atoms with Gasteiger partial charge in [0.15, 0.2) is 0 Å². The summed E-state index contributed by atoms with van der Waals surface area (Å²) in [6.07, 6.45) is 3.95. The average Bonchev–Trinajstić information content (AvgIpc) is 3.11.